The molecule has 0 bridgehead atoms. The van der Waals surface area contributed by atoms with Crippen LogP contribution in [0.4, 0.5) is 20.5 Å². The maximum absolute atomic E-state index is 15.8. The number of nitrogens with two attached hydrogens (primary N) is 1. The molecule has 210 valence electrons. The van der Waals surface area contributed by atoms with Crippen LogP contribution in [0.2, 0.25) is 0 Å². The number of imidazole rings is 1. The summed E-state index contributed by atoms with van der Waals surface area (Å²) in [5.41, 5.74) is 3.56. The van der Waals surface area contributed by atoms with Gasteiger partial charge in [-0.2, -0.15) is 9.97 Å². The van der Waals surface area contributed by atoms with Gasteiger partial charge < -0.3 is 25.6 Å². The summed E-state index contributed by atoms with van der Waals surface area (Å²) in [6.45, 7) is 4.54. The molecule has 0 radical (unpaired) electrons. The van der Waals surface area contributed by atoms with Crippen molar-refractivity contribution in [3.63, 3.8) is 0 Å². The van der Waals surface area contributed by atoms with Gasteiger partial charge in [-0.25, -0.2) is 13.8 Å². The molecule has 16 heteroatoms. The number of alkyl halides is 2. The lowest BCUT2D eigenvalue weighted by molar-refractivity contribution is -0.201. The smallest absolute Gasteiger partial charge is 0.462 e. The van der Waals surface area contributed by atoms with E-state index in [-0.39, 0.29) is 23.2 Å². The summed E-state index contributed by atoms with van der Waals surface area (Å²) in [6, 6.07) is -0.852. The molecular weight excluding hydrogens is 527 g/mol. The highest BCUT2D eigenvalue weighted by Gasteiger charge is 2.65. The SMILES string of the molecule is CC(C)OC(=O)[C@H](C)N[P+](=O)OC[C@@]1(F)O[C@@H](n2cnc3c(NC4CCCC4)nc(N)nc32)[C@](C)(F)[C@@H]1O. The largest absolute Gasteiger partial charge is 0.614 e. The van der Waals surface area contributed by atoms with E-state index in [9.17, 15) is 14.5 Å². The fraction of sp³-hybridized carbons (Fsp3) is 0.727. The summed E-state index contributed by atoms with van der Waals surface area (Å²) >= 11 is 0. The van der Waals surface area contributed by atoms with Crippen LogP contribution in [0.15, 0.2) is 6.33 Å². The molecule has 1 saturated heterocycles. The van der Waals surface area contributed by atoms with Crippen LogP contribution < -0.4 is 16.1 Å². The first kappa shape index (κ1) is 28.4. The van der Waals surface area contributed by atoms with Crippen LogP contribution in [0.25, 0.3) is 11.2 Å². The molecule has 1 saturated carbocycles. The molecule has 3 heterocycles. The zero-order valence-electron chi connectivity index (χ0n) is 21.6. The molecule has 2 aromatic rings. The molecular formula is C22H33F2N7O6P+. The van der Waals surface area contributed by atoms with E-state index in [0.29, 0.717) is 5.82 Å². The van der Waals surface area contributed by atoms with Gasteiger partial charge in [0, 0.05) is 6.04 Å². The number of fused-ring (bicyclic) bond motifs is 1. The molecule has 2 aliphatic rings. The number of carbonyl (C=O) groups is 1. The number of rotatable bonds is 10. The first-order valence-corrected chi connectivity index (χ1v) is 13.6. The third-order valence-electron chi connectivity index (χ3n) is 6.50. The Hall–Kier alpha value is -2.58. The molecule has 0 spiro atoms. The van der Waals surface area contributed by atoms with E-state index < -0.39 is 56.8 Å². The highest BCUT2D eigenvalue weighted by Crippen LogP contribution is 2.49. The molecule has 4 rings (SSSR count). The van der Waals surface area contributed by atoms with Crippen molar-refractivity contribution in [2.75, 3.05) is 17.7 Å². The molecule has 1 aliphatic carbocycles. The molecule has 2 fully saturated rings. The van der Waals surface area contributed by atoms with Gasteiger partial charge in [-0.15, -0.1) is 4.52 Å². The maximum atomic E-state index is 15.8. The quantitative estimate of drug-likeness (QED) is 0.247. The van der Waals surface area contributed by atoms with E-state index in [4.69, 9.17) is 19.7 Å². The third-order valence-corrected chi connectivity index (χ3v) is 7.47. The van der Waals surface area contributed by atoms with Crippen molar-refractivity contribution in [1.29, 1.82) is 0 Å². The topological polar surface area (TPSA) is 176 Å². The molecule has 38 heavy (non-hydrogen) atoms. The summed E-state index contributed by atoms with van der Waals surface area (Å²) in [7, 11) is -2.80. The van der Waals surface area contributed by atoms with Crippen molar-refractivity contribution in [3.05, 3.63) is 6.33 Å². The van der Waals surface area contributed by atoms with E-state index in [1.807, 2.05) is 0 Å². The number of carbonyl (C=O) groups excluding carboxylic acids is 1. The van der Waals surface area contributed by atoms with Gasteiger partial charge in [-0.05, 0) is 45.1 Å². The highest BCUT2D eigenvalue weighted by atomic mass is 31.1. The summed E-state index contributed by atoms with van der Waals surface area (Å²) in [6.07, 6.45) is 0.798. The van der Waals surface area contributed by atoms with Crippen LogP contribution in [0, 0.1) is 0 Å². The minimum absolute atomic E-state index is 0.0782. The van der Waals surface area contributed by atoms with Crippen molar-refractivity contribution >= 4 is 37.1 Å². The number of hydrogen-bond donors (Lipinski definition) is 4. The normalized spacial score (nSPS) is 29.2. The molecule has 1 aliphatic heterocycles. The van der Waals surface area contributed by atoms with Crippen LogP contribution in [-0.2, 0) is 23.4 Å². The number of nitrogens with one attached hydrogen (secondary N) is 2. The Morgan fingerprint density at radius 1 is 1.34 bits per heavy atom. The number of hydrogen-bond acceptors (Lipinski definition) is 11. The summed E-state index contributed by atoms with van der Waals surface area (Å²) in [4.78, 5) is 24.5. The lowest BCUT2D eigenvalue weighted by atomic mass is 9.97. The molecule has 1 unspecified atom stereocenters. The lowest BCUT2D eigenvalue weighted by Crippen LogP contribution is -2.46. The summed E-state index contributed by atoms with van der Waals surface area (Å²) in [5.74, 6) is -3.53. The zero-order chi connectivity index (χ0) is 27.8. The van der Waals surface area contributed by atoms with Gasteiger partial charge in [0.15, 0.2) is 41.6 Å². The second-order valence-corrected chi connectivity index (χ2v) is 11.1. The van der Waals surface area contributed by atoms with Gasteiger partial charge in [0.05, 0.1) is 12.4 Å². The van der Waals surface area contributed by atoms with Gasteiger partial charge in [-0.3, -0.25) is 9.36 Å². The van der Waals surface area contributed by atoms with Crippen LogP contribution in [0.1, 0.15) is 59.6 Å². The van der Waals surface area contributed by atoms with Crippen LogP contribution in [0.3, 0.4) is 0 Å². The Labute approximate surface area is 218 Å². The Balaban J connectivity index is 1.50. The molecule has 6 atom stereocenters. The van der Waals surface area contributed by atoms with E-state index >= 15 is 8.78 Å². The second kappa shape index (κ2) is 10.9. The Bertz CT molecular complexity index is 1190. The van der Waals surface area contributed by atoms with Crippen molar-refractivity contribution < 1.29 is 37.2 Å². The number of ether oxygens (including phenoxy) is 2. The number of aliphatic hydroxyl groups excluding tert-OH is 1. The predicted octanol–water partition coefficient (Wildman–Crippen LogP) is 2.65. The maximum Gasteiger partial charge on any atom is 0.614 e. The lowest BCUT2D eigenvalue weighted by Gasteiger charge is -2.24. The monoisotopic (exact) mass is 560 g/mol. The van der Waals surface area contributed by atoms with Crippen molar-refractivity contribution in [1.82, 2.24) is 24.6 Å². The zero-order valence-corrected chi connectivity index (χ0v) is 22.5. The standard InChI is InChI=1S/C22H33F2N7O6P/c1-11(2)36-17(32)12(3)30-38(34)35-9-22(24)18(33)21(4,23)19(37-22)31-10-26-14-15(27-13-7-5-6-8-13)28-20(25)29-16(14)31/h10-13,18-19,33H,5-9H2,1-4H3,(H,30,34)(H3,25,27,28,29)/q+1/t12-,18-,19+,21+,22+/m0/s1. The number of aromatic nitrogens is 4. The van der Waals surface area contributed by atoms with Crippen molar-refractivity contribution in [2.24, 2.45) is 0 Å². The average Bonchev–Trinajstić information content (AvgIpc) is 3.53. The van der Waals surface area contributed by atoms with Crippen LogP contribution in [-0.4, -0.2) is 73.0 Å². The molecule has 0 amide bonds. The Morgan fingerprint density at radius 2 is 2.03 bits per heavy atom. The van der Waals surface area contributed by atoms with Crippen molar-refractivity contribution in [3.8, 4) is 0 Å². The predicted molar refractivity (Wildman–Crippen MR) is 132 cm³/mol. The number of nitrogens with zero attached hydrogens (tertiary/aromatic N) is 4. The van der Waals surface area contributed by atoms with E-state index in [0.717, 1.165) is 37.2 Å². The fourth-order valence-electron chi connectivity index (χ4n) is 4.56. The first-order chi connectivity index (χ1) is 17.8. The van der Waals surface area contributed by atoms with Crippen LogP contribution in [0.5, 0.6) is 0 Å². The van der Waals surface area contributed by atoms with Gasteiger partial charge in [0.25, 0.3) is 5.85 Å². The van der Waals surface area contributed by atoms with E-state index in [2.05, 4.69) is 25.4 Å². The highest BCUT2D eigenvalue weighted by molar-refractivity contribution is 7.36. The Kier molecular flexibility index (Phi) is 8.15. The summed E-state index contributed by atoms with van der Waals surface area (Å²) < 4.78 is 60.2. The number of aliphatic hydroxyl groups is 1. The van der Waals surface area contributed by atoms with Crippen LogP contribution >= 0.6 is 8.18 Å². The molecule has 5 N–H and O–H groups in total. The third kappa shape index (κ3) is 5.71. The first-order valence-electron chi connectivity index (χ1n) is 12.4. The number of esters is 1. The van der Waals surface area contributed by atoms with Gasteiger partial charge in [0.1, 0.15) is 6.04 Å². The molecule has 2 aromatic heterocycles. The number of nitrogen functional groups attached to an aromatic ring is 1. The minimum Gasteiger partial charge on any atom is -0.462 e. The van der Waals surface area contributed by atoms with E-state index in [1.165, 1.54) is 13.3 Å². The molecule has 13 nitrogen and oxygen atoms in total. The van der Waals surface area contributed by atoms with Crippen molar-refractivity contribution in [2.45, 2.75) is 95.4 Å². The van der Waals surface area contributed by atoms with Gasteiger partial charge in [0.2, 0.25) is 5.95 Å². The second-order valence-electron chi connectivity index (χ2n) is 10.1. The Morgan fingerprint density at radius 3 is 2.68 bits per heavy atom. The van der Waals surface area contributed by atoms with E-state index in [1.54, 1.807) is 13.8 Å². The average molecular weight is 561 g/mol. The number of anilines is 2. The van der Waals surface area contributed by atoms with Gasteiger partial charge in [-0.1, -0.05) is 17.9 Å². The summed E-state index contributed by atoms with van der Waals surface area (Å²) in [5, 5.41) is 16.2. The number of halogens is 2. The van der Waals surface area contributed by atoms with Gasteiger partial charge >= 0.3 is 14.1 Å². The fourth-order valence-corrected chi connectivity index (χ4v) is 5.35. The molecule has 0 aromatic carbocycles. The minimum atomic E-state index is -3.09.